The Hall–Kier alpha value is -2.01. The summed E-state index contributed by atoms with van der Waals surface area (Å²) in [7, 11) is 0. The molecular weight excluding hydrogens is 233 g/mol. The van der Waals surface area contributed by atoms with Crippen LogP contribution < -0.4 is 10.5 Å². The summed E-state index contributed by atoms with van der Waals surface area (Å²) in [4.78, 5) is 8.07. The maximum absolute atomic E-state index is 13.3. The lowest BCUT2D eigenvalue weighted by atomic mass is 10.2. The standard InChI is InChI=1S/C13H14FN3O/c1-9-2-3-11(6-12(9)14)18-13-16-7-10(4-5-15)8-17-13/h2-3,6-8H,4-5,15H2,1H3. The highest BCUT2D eigenvalue weighted by molar-refractivity contribution is 5.29. The molecule has 0 radical (unpaired) electrons. The second kappa shape index (κ2) is 5.55. The molecule has 2 aromatic rings. The Morgan fingerprint density at radius 2 is 2.00 bits per heavy atom. The predicted octanol–water partition coefficient (Wildman–Crippen LogP) is 2.22. The van der Waals surface area contributed by atoms with E-state index < -0.39 is 0 Å². The van der Waals surface area contributed by atoms with Crippen LogP contribution in [-0.2, 0) is 6.42 Å². The van der Waals surface area contributed by atoms with Crippen LogP contribution >= 0.6 is 0 Å². The molecule has 94 valence electrons. The van der Waals surface area contributed by atoms with Gasteiger partial charge in [0.15, 0.2) is 0 Å². The molecule has 18 heavy (non-hydrogen) atoms. The Morgan fingerprint density at radius 3 is 2.61 bits per heavy atom. The predicted molar refractivity (Wildman–Crippen MR) is 66.0 cm³/mol. The summed E-state index contributed by atoms with van der Waals surface area (Å²) < 4.78 is 18.7. The molecule has 0 spiro atoms. The van der Waals surface area contributed by atoms with Crippen molar-refractivity contribution in [3.05, 3.63) is 47.5 Å². The highest BCUT2D eigenvalue weighted by Crippen LogP contribution is 2.20. The molecule has 1 heterocycles. The topological polar surface area (TPSA) is 61.0 Å². The minimum atomic E-state index is -0.313. The highest BCUT2D eigenvalue weighted by atomic mass is 19.1. The highest BCUT2D eigenvalue weighted by Gasteiger charge is 2.04. The van der Waals surface area contributed by atoms with Crippen LogP contribution in [0.2, 0.25) is 0 Å². The fraction of sp³-hybridized carbons (Fsp3) is 0.231. The second-order valence-corrected chi connectivity index (χ2v) is 3.93. The lowest BCUT2D eigenvalue weighted by Crippen LogP contribution is -2.03. The average molecular weight is 247 g/mol. The molecule has 2 N–H and O–H groups in total. The zero-order chi connectivity index (χ0) is 13.0. The minimum Gasteiger partial charge on any atom is -0.424 e. The van der Waals surface area contributed by atoms with Crippen LogP contribution in [0.4, 0.5) is 4.39 Å². The quantitative estimate of drug-likeness (QED) is 0.899. The number of ether oxygens (including phenoxy) is 1. The monoisotopic (exact) mass is 247 g/mol. The fourth-order valence-electron chi connectivity index (χ4n) is 1.43. The van der Waals surface area contributed by atoms with E-state index in [2.05, 4.69) is 9.97 Å². The molecule has 0 saturated heterocycles. The van der Waals surface area contributed by atoms with E-state index in [1.54, 1.807) is 31.5 Å². The first-order valence-electron chi connectivity index (χ1n) is 5.64. The Morgan fingerprint density at radius 1 is 1.28 bits per heavy atom. The van der Waals surface area contributed by atoms with Gasteiger partial charge in [0.2, 0.25) is 0 Å². The third-order valence-corrected chi connectivity index (χ3v) is 2.47. The zero-order valence-electron chi connectivity index (χ0n) is 10.1. The van der Waals surface area contributed by atoms with E-state index in [1.807, 2.05) is 0 Å². The zero-order valence-corrected chi connectivity index (χ0v) is 10.1. The average Bonchev–Trinajstić information content (AvgIpc) is 2.37. The molecule has 0 unspecified atom stereocenters. The summed E-state index contributed by atoms with van der Waals surface area (Å²) >= 11 is 0. The van der Waals surface area contributed by atoms with Crippen molar-refractivity contribution >= 4 is 0 Å². The summed E-state index contributed by atoms with van der Waals surface area (Å²) in [6.07, 6.45) is 4.03. The smallest absolute Gasteiger partial charge is 0.321 e. The Kier molecular flexibility index (Phi) is 3.84. The normalized spacial score (nSPS) is 10.4. The second-order valence-electron chi connectivity index (χ2n) is 3.93. The van der Waals surface area contributed by atoms with Gasteiger partial charge in [0.25, 0.3) is 0 Å². The van der Waals surface area contributed by atoms with Crippen LogP contribution in [0.15, 0.2) is 30.6 Å². The van der Waals surface area contributed by atoms with Crippen molar-refractivity contribution in [3.8, 4) is 11.8 Å². The summed E-state index contributed by atoms with van der Waals surface area (Å²) in [6.45, 7) is 2.24. The van der Waals surface area contributed by atoms with Gasteiger partial charge < -0.3 is 10.5 Å². The summed E-state index contributed by atoms with van der Waals surface area (Å²) in [5.74, 6) is 0.0666. The van der Waals surface area contributed by atoms with Crippen LogP contribution in [0, 0.1) is 12.7 Å². The molecule has 0 saturated carbocycles. The number of nitrogens with two attached hydrogens (primary N) is 1. The number of benzene rings is 1. The Bertz CT molecular complexity index is 528. The van der Waals surface area contributed by atoms with Gasteiger partial charge in [0.05, 0.1) is 0 Å². The molecule has 1 aromatic carbocycles. The van der Waals surface area contributed by atoms with E-state index in [0.717, 1.165) is 12.0 Å². The number of nitrogens with zero attached hydrogens (tertiary/aromatic N) is 2. The summed E-state index contributed by atoms with van der Waals surface area (Å²) in [6, 6.07) is 4.83. The van der Waals surface area contributed by atoms with E-state index in [0.29, 0.717) is 17.9 Å². The lowest BCUT2D eigenvalue weighted by molar-refractivity contribution is 0.436. The molecule has 0 amide bonds. The van der Waals surface area contributed by atoms with Gasteiger partial charge in [-0.1, -0.05) is 6.07 Å². The van der Waals surface area contributed by atoms with Crippen LogP contribution in [0.5, 0.6) is 11.8 Å². The number of hydrogen-bond donors (Lipinski definition) is 1. The van der Waals surface area contributed by atoms with Crippen LogP contribution in [0.3, 0.4) is 0 Å². The first kappa shape index (κ1) is 12.4. The first-order chi connectivity index (χ1) is 8.69. The molecule has 0 aliphatic rings. The van der Waals surface area contributed by atoms with E-state index in [1.165, 1.54) is 6.07 Å². The van der Waals surface area contributed by atoms with Gasteiger partial charge in [-0.25, -0.2) is 14.4 Å². The van der Waals surface area contributed by atoms with E-state index >= 15 is 0 Å². The van der Waals surface area contributed by atoms with Gasteiger partial charge >= 0.3 is 6.01 Å². The number of aryl methyl sites for hydroxylation is 1. The third-order valence-electron chi connectivity index (χ3n) is 2.47. The van der Waals surface area contributed by atoms with Gasteiger partial charge in [0.1, 0.15) is 11.6 Å². The SMILES string of the molecule is Cc1ccc(Oc2ncc(CCN)cn2)cc1F. The maximum atomic E-state index is 13.3. The van der Waals surface area contributed by atoms with Gasteiger partial charge in [-0.3, -0.25) is 0 Å². The summed E-state index contributed by atoms with van der Waals surface area (Å²) in [5.41, 5.74) is 6.94. The molecule has 0 fully saturated rings. The number of halogens is 1. The molecule has 0 aliphatic heterocycles. The lowest BCUT2D eigenvalue weighted by Gasteiger charge is -2.05. The van der Waals surface area contributed by atoms with Gasteiger partial charge in [0, 0.05) is 18.5 Å². The van der Waals surface area contributed by atoms with E-state index in [-0.39, 0.29) is 11.8 Å². The number of rotatable bonds is 4. The van der Waals surface area contributed by atoms with Crippen LogP contribution in [-0.4, -0.2) is 16.5 Å². The minimum absolute atomic E-state index is 0.194. The van der Waals surface area contributed by atoms with Crippen molar-refractivity contribution in [1.82, 2.24) is 9.97 Å². The molecular formula is C13H14FN3O. The van der Waals surface area contributed by atoms with Crippen molar-refractivity contribution in [2.24, 2.45) is 5.73 Å². The van der Waals surface area contributed by atoms with Crippen LogP contribution in [0.1, 0.15) is 11.1 Å². The van der Waals surface area contributed by atoms with E-state index in [4.69, 9.17) is 10.5 Å². The maximum Gasteiger partial charge on any atom is 0.321 e. The molecule has 4 nitrogen and oxygen atoms in total. The Balaban J connectivity index is 2.10. The third kappa shape index (κ3) is 3.01. The van der Waals surface area contributed by atoms with Crippen molar-refractivity contribution in [2.45, 2.75) is 13.3 Å². The van der Waals surface area contributed by atoms with Gasteiger partial charge in [-0.05, 0) is 37.1 Å². The van der Waals surface area contributed by atoms with E-state index in [9.17, 15) is 4.39 Å². The molecule has 2 rings (SSSR count). The largest absolute Gasteiger partial charge is 0.424 e. The molecule has 0 atom stereocenters. The first-order valence-corrected chi connectivity index (χ1v) is 5.64. The fourth-order valence-corrected chi connectivity index (χ4v) is 1.43. The van der Waals surface area contributed by atoms with Crippen molar-refractivity contribution in [1.29, 1.82) is 0 Å². The molecule has 1 aromatic heterocycles. The summed E-state index contributed by atoms with van der Waals surface area (Å²) in [5, 5.41) is 0. The molecule has 0 aliphatic carbocycles. The van der Waals surface area contributed by atoms with Gasteiger partial charge in [-0.2, -0.15) is 0 Å². The van der Waals surface area contributed by atoms with Crippen molar-refractivity contribution in [3.63, 3.8) is 0 Å². The van der Waals surface area contributed by atoms with Crippen LogP contribution in [0.25, 0.3) is 0 Å². The number of hydrogen-bond acceptors (Lipinski definition) is 4. The van der Waals surface area contributed by atoms with Crippen molar-refractivity contribution < 1.29 is 9.13 Å². The Labute approximate surface area is 105 Å². The number of aromatic nitrogens is 2. The molecule has 5 heteroatoms. The molecule has 0 bridgehead atoms. The van der Waals surface area contributed by atoms with Gasteiger partial charge in [-0.15, -0.1) is 0 Å². The van der Waals surface area contributed by atoms with Crippen molar-refractivity contribution in [2.75, 3.05) is 6.54 Å².